The molecule has 0 bridgehead atoms. The first-order valence-corrected chi connectivity index (χ1v) is 10.3. The van der Waals surface area contributed by atoms with E-state index in [4.69, 9.17) is 4.74 Å². The van der Waals surface area contributed by atoms with E-state index in [1.165, 1.54) is 31.4 Å². The zero-order valence-corrected chi connectivity index (χ0v) is 16.8. The van der Waals surface area contributed by atoms with Gasteiger partial charge in [0.15, 0.2) is 0 Å². The third-order valence-corrected chi connectivity index (χ3v) is 5.67. The molecule has 3 heterocycles. The number of fused-ring (bicyclic) bond motifs is 1. The van der Waals surface area contributed by atoms with Crippen molar-refractivity contribution < 1.29 is 4.74 Å². The molecule has 0 unspecified atom stereocenters. The van der Waals surface area contributed by atoms with Gasteiger partial charge in [0.25, 0.3) is 5.78 Å². The molecule has 0 atom stereocenters. The third kappa shape index (κ3) is 4.18. The molecule has 5 rings (SSSR count). The number of ether oxygens (including phenoxy) is 1. The maximum atomic E-state index is 5.24. The van der Waals surface area contributed by atoms with Crippen LogP contribution in [0.3, 0.4) is 0 Å². The van der Waals surface area contributed by atoms with Crippen LogP contribution in [0.4, 0.5) is 17.2 Å². The van der Waals surface area contributed by atoms with Gasteiger partial charge in [0.1, 0.15) is 12.1 Å². The van der Waals surface area contributed by atoms with Crippen molar-refractivity contribution in [2.45, 2.75) is 19.4 Å². The van der Waals surface area contributed by atoms with Crippen LogP contribution >= 0.6 is 0 Å². The minimum absolute atomic E-state index is 0.434. The zero-order valence-electron chi connectivity index (χ0n) is 16.8. The highest BCUT2D eigenvalue weighted by Crippen LogP contribution is 2.30. The lowest BCUT2D eigenvalue weighted by Gasteiger charge is -2.36. The molecule has 0 radical (unpaired) electrons. The van der Waals surface area contributed by atoms with Gasteiger partial charge in [-0.3, -0.25) is 4.90 Å². The molecule has 3 aromatic rings. The summed E-state index contributed by atoms with van der Waals surface area (Å²) in [5.74, 6) is 2.35. The van der Waals surface area contributed by atoms with Crippen molar-refractivity contribution in [3.63, 3.8) is 0 Å². The van der Waals surface area contributed by atoms with Crippen LogP contribution in [0.25, 0.3) is 5.78 Å². The fraction of sp³-hybridized carbons (Fsp3) is 0.476. The molecule has 1 aliphatic carbocycles. The molecule has 2 aliphatic rings. The van der Waals surface area contributed by atoms with Crippen LogP contribution in [0.5, 0.6) is 0 Å². The molecule has 8 heteroatoms. The monoisotopic (exact) mass is 393 g/mol. The Bertz CT molecular complexity index is 976. The van der Waals surface area contributed by atoms with Crippen molar-refractivity contribution in [3.05, 3.63) is 42.4 Å². The maximum Gasteiger partial charge on any atom is 0.254 e. The number of hydrogen-bond acceptors (Lipinski definition) is 7. The van der Waals surface area contributed by atoms with Gasteiger partial charge in [-0.05, 0) is 37.0 Å². The minimum atomic E-state index is 0.434. The van der Waals surface area contributed by atoms with Gasteiger partial charge in [0.05, 0.1) is 12.3 Å². The van der Waals surface area contributed by atoms with Crippen molar-refractivity contribution in [2.24, 2.45) is 5.92 Å². The molecule has 8 nitrogen and oxygen atoms in total. The average Bonchev–Trinajstić information content (AvgIpc) is 3.42. The fourth-order valence-electron chi connectivity index (χ4n) is 3.95. The summed E-state index contributed by atoms with van der Waals surface area (Å²) in [6.07, 6.45) is 4.36. The van der Waals surface area contributed by atoms with Crippen LogP contribution in [-0.4, -0.2) is 64.3 Å². The molecular formula is C21H27N7O. The standard InChI is InChI=1S/C21H27N7O/c1-29-14-18-12-20(28-21(25-18)22-15-23-28)24-17-3-2-4-19(11-17)27-9-7-26(8-10-27)13-16-5-6-16/h2-4,11-12,15-16,24H,5-10,13-14H2,1H3. The van der Waals surface area contributed by atoms with Crippen LogP contribution < -0.4 is 10.2 Å². The number of rotatable bonds is 7. The van der Waals surface area contributed by atoms with E-state index in [2.05, 4.69) is 54.4 Å². The van der Waals surface area contributed by atoms with Gasteiger partial charge in [-0.1, -0.05) is 6.07 Å². The van der Waals surface area contributed by atoms with Gasteiger partial charge in [-0.25, -0.2) is 4.98 Å². The zero-order chi connectivity index (χ0) is 19.6. The predicted molar refractivity (Wildman–Crippen MR) is 113 cm³/mol. The van der Waals surface area contributed by atoms with Gasteiger partial charge >= 0.3 is 0 Å². The number of benzene rings is 1. The molecule has 1 N–H and O–H groups in total. The van der Waals surface area contributed by atoms with E-state index in [1.807, 2.05) is 6.07 Å². The number of hydrogen-bond donors (Lipinski definition) is 1. The number of piperazine rings is 1. The third-order valence-electron chi connectivity index (χ3n) is 5.67. The highest BCUT2D eigenvalue weighted by Gasteiger charge is 2.26. The first-order chi connectivity index (χ1) is 14.3. The van der Waals surface area contributed by atoms with Gasteiger partial charge in [-0.15, -0.1) is 0 Å². The normalized spacial score (nSPS) is 17.8. The molecule has 0 amide bonds. The molecule has 1 saturated carbocycles. The van der Waals surface area contributed by atoms with Gasteiger partial charge in [0, 0.05) is 57.3 Å². The van der Waals surface area contributed by atoms with E-state index in [1.54, 1.807) is 11.6 Å². The molecule has 1 aromatic carbocycles. The maximum absolute atomic E-state index is 5.24. The summed E-state index contributed by atoms with van der Waals surface area (Å²) in [6, 6.07) is 10.5. The number of methoxy groups -OCH3 is 1. The number of aromatic nitrogens is 4. The van der Waals surface area contributed by atoms with Crippen molar-refractivity contribution >= 4 is 23.0 Å². The molecule has 152 valence electrons. The van der Waals surface area contributed by atoms with E-state index in [9.17, 15) is 0 Å². The quantitative estimate of drug-likeness (QED) is 0.661. The molecule has 1 saturated heterocycles. The first kappa shape index (κ1) is 18.3. The number of nitrogens with one attached hydrogen (secondary N) is 1. The summed E-state index contributed by atoms with van der Waals surface area (Å²) in [5, 5.41) is 7.77. The van der Waals surface area contributed by atoms with E-state index < -0.39 is 0 Å². The van der Waals surface area contributed by atoms with Crippen LogP contribution in [0, 0.1) is 5.92 Å². The Morgan fingerprint density at radius 3 is 2.79 bits per heavy atom. The topological polar surface area (TPSA) is 70.8 Å². The Balaban J connectivity index is 1.31. The molecular weight excluding hydrogens is 366 g/mol. The summed E-state index contributed by atoms with van der Waals surface area (Å²) in [4.78, 5) is 13.8. The molecule has 1 aliphatic heterocycles. The molecule has 2 fully saturated rings. The average molecular weight is 393 g/mol. The minimum Gasteiger partial charge on any atom is -0.378 e. The number of anilines is 3. The van der Waals surface area contributed by atoms with Gasteiger partial charge in [0.2, 0.25) is 0 Å². The Kier molecular flexibility index (Phi) is 5.03. The molecule has 0 spiro atoms. The van der Waals surface area contributed by atoms with Gasteiger partial charge in [-0.2, -0.15) is 14.6 Å². The first-order valence-electron chi connectivity index (χ1n) is 10.3. The van der Waals surface area contributed by atoms with E-state index >= 15 is 0 Å². The van der Waals surface area contributed by atoms with Crippen LogP contribution in [0.15, 0.2) is 36.7 Å². The smallest absolute Gasteiger partial charge is 0.254 e. The second-order valence-corrected chi connectivity index (χ2v) is 7.94. The summed E-state index contributed by atoms with van der Waals surface area (Å²) in [7, 11) is 1.66. The second-order valence-electron chi connectivity index (χ2n) is 7.94. The largest absolute Gasteiger partial charge is 0.378 e. The van der Waals surface area contributed by atoms with E-state index in [0.29, 0.717) is 12.4 Å². The Labute approximate surface area is 170 Å². The van der Waals surface area contributed by atoms with Crippen molar-refractivity contribution in [1.29, 1.82) is 0 Å². The summed E-state index contributed by atoms with van der Waals surface area (Å²) < 4.78 is 6.95. The Morgan fingerprint density at radius 2 is 2.00 bits per heavy atom. The summed E-state index contributed by atoms with van der Waals surface area (Å²) >= 11 is 0. The fourth-order valence-corrected chi connectivity index (χ4v) is 3.95. The predicted octanol–water partition coefficient (Wildman–Crippen LogP) is 2.55. The lowest BCUT2D eigenvalue weighted by atomic mass is 10.2. The summed E-state index contributed by atoms with van der Waals surface area (Å²) in [5.41, 5.74) is 3.09. The highest BCUT2D eigenvalue weighted by atomic mass is 16.5. The Hall–Kier alpha value is -2.71. The van der Waals surface area contributed by atoms with E-state index in [0.717, 1.165) is 49.3 Å². The van der Waals surface area contributed by atoms with Crippen molar-refractivity contribution in [2.75, 3.05) is 50.1 Å². The Morgan fingerprint density at radius 1 is 1.14 bits per heavy atom. The molecule has 29 heavy (non-hydrogen) atoms. The second kappa shape index (κ2) is 7.96. The van der Waals surface area contributed by atoms with E-state index in [-0.39, 0.29) is 0 Å². The lowest BCUT2D eigenvalue weighted by molar-refractivity contribution is 0.181. The highest BCUT2D eigenvalue weighted by molar-refractivity contribution is 5.64. The van der Waals surface area contributed by atoms with Crippen molar-refractivity contribution in [3.8, 4) is 0 Å². The van der Waals surface area contributed by atoms with Crippen LogP contribution in [0.2, 0.25) is 0 Å². The van der Waals surface area contributed by atoms with Crippen LogP contribution in [-0.2, 0) is 11.3 Å². The van der Waals surface area contributed by atoms with Gasteiger partial charge < -0.3 is 15.0 Å². The lowest BCUT2D eigenvalue weighted by Crippen LogP contribution is -2.47. The van der Waals surface area contributed by atoms with Crippen LogP contribution in [0.1, 0.15) is 18.5 Å². The summed E-state index contributed by atoms with van der Waals surface area (Å²) in [6.45, 7) is 6.18. The number of nitrogens with zero attached hydrogens (tertiary/aromatic N) is 6. The molecule has 2 aromatic heterocycles. The van der Waals surface area contributed by atoms with Crippen molar-refractivity contribution in [1.82, 2.24) is 24.5 Å². The SMILES string of the molecule is COCc1cc(Nc2cccc(N3CCN(CC4CC4)CC3)c2)n2ncnc2n1.